The van der Waals surface area contributed by atoms with Gasteiger partial charge in [-0.1, -0.05) is 18.9 Å². The molecule has 0 unspecified atom stereocenters. The Hall–Kier alpha value is -2.40. The lowest BCUT2D eigenvalue weighted by Crippen LogP contribution is -2.57. The zero-order valence-electron chi connectivity index (χ0n) is 21.9. The Kier molecular flexibility index (Phi) is 6.84. The lowest BCUT2D eigenvalue weighted by Gasteiger charge is -2.37. The van der Waals surface area contributed by atoms with Crippen LogP contribution in [-0.4, -0.2) is 67.5 Å². The van der Waals surface area contributed by atoms with Crippen molar-refractivity contribution < 1.29 is 37.5 Å². The summed E-state index contributed by atoms with van der Waals surface area (Å²) in [5.41, 5.74) is -5.20. The SMILES string of the molecule is O=C(N[C@H]1CCCC[C@H]2CC[C@@H](C(=O)N3CCCC34CC4)N2C1=O)c1cc2cc(C(F)(F)P(=O)(O)O)ccc2s1. The third-order valence-electron chi connectivity index (χ3n) is 9.07. The molecule has 4 heterocycles. The van der Waals surface area contributed by atoms with Crippen molar-refractivity contribution in [2.75, 3.05) is 6.54 Å². The van der Waals surface area contributed by atoms with Crippen molar-refractivity contribution >= 4 is 46.7 Å². The molecule has 6 rings (SSSR count). The number of nitrogens with zero attached hydrogens (tertiary/aromatic N) is 2. The van der Waals surface area contributed by atoms with Crippen molar-refractivity contribution in [1.29, 1.82) is 0 Å². The molecule has 216 valence electrons. The highest BCUT2D eigenvalue weighted by molar-refractivity contribution is 7.52. The predicted molar refractivity (Wildman–Crippen MR) is 144 cm³/mol. The molecule has 3 saturated heterocycles. The fraction of sp³-hybridized carbons (Fsp3) is 0.593. The molecule has 4 fully saturated rings. The maximum absolute atomic E-state index is 14.2. The van der Waals surface area contributed by atoms with Crippen LogP contribution in [0.2, 0.25) is 0 Å². The predicted octanol–water partition coefficient (Wildman–Crippen LogP) is 4.32. The highest BCUT2D eigenvalue weighted by atomic mass is 32.1. The number of carbonyl (C=O) groups is 3. The molecule has 1 aromatic heterocycles. The van der Waals surface area contributed by atoms with Gasteiger partial charge in [-0.2, -0.15) is 8.78 Å². The van der Waals surface area contributed by atoms with E-state index in [9.17, 15) is 27.7 Å². The van der Waals surface area contributed by atoms with Crippen molar-refractivity contribution in [2.45, 2.75) is 93.5 Å². The highest BCUT2D eigenvalue weighted by Crippen LogP contribution is 2.59. The number of benzene rings is 1. The quantitative estimate of drug-likeness (QED) is 0.442. The second-order valence-electron chi connectivity index (χ2n) is 11.6. The minimum Gasteiger partial charge on any atom is -0.340 e. The monoisotopic (exact) mass is 595 g/mol. The van der Waals surface area contributed by atoms with E-state index in [1.807, 2.05) is 4.90 Å². The number of carbonyl (C=O) groups excluding carboxylic acids is 3. The number of fused-ring (bicyclic) bond motifs is 2. The van der Waals surface area contributed by atoms with Crippen LogP contribution in [0.25, 0.3) is 10.1 Å². The maximum atomic E-state index is 14.2. The van der Waals surface area contributed by atoms with Gasteiger partial charge in [0.1, 0.15) is 12.1 Å². The first kappa shape index (κ1) is 27.8. The summed E-state index contributed by atoms with van der Waals surface area (Å²) in [4.78, 5) is 62.8. The van der Waals surface area contributed by atoms with Crippen molar-refractivity contribution in [3.8, 4) is 0 Å². The molecule has 40 heavy (non-hydrogen) atoms. The van der Waals surface area contributed by atoms with Crippen molar-refractivity contribution in [3.05, 3.63) is 34.7 Å². The molecular weight excluding hydrogens is 563 g/mol. The standard InChI is InChI=1S/C27H32F2N3O6PS/c28-27(29,39(36,37)38)17-6-9-21-16(14-17)15-22(40-21)23(33)30-19-5-2-1-4-18-7-8-20(32(18)24(19)34)25(35)31-13-3-10-26(31)11-12-26/h6,9,14-15,18-20H,1-5,7-8,10-13H2,(H,30,33)(H2,36,37,38)/t18-,19-,20-/m0/s1. The summed E-state index contributed by atoms with van der Waals surface area (Å²) in [5, 5.41) is 3.08. The number of alkyl halides is 2. The van der Waals surface area contributed by atoms with E-state index < -0.39 is 36.8 Å². The molecule has 2 aromatic rings. The molecule has 3 atom stereocenters. The molecule has 4 aliphatic rings. The molecule has 0 bridgehead atoms. The number of likely N-dealkylation sites (tertiary alicyclic amines) is 1. The summed E-state index contributed by atoms with van der Waals surface area (Å²) in [6.45, 7) is 0.732. The van der Waals surface area contributed by atoms with Crippen LogP contribution >= 0.6 is 18.9 Å². The third kappa shape index (κ3) is 4.66. The molecule has 1 aliphatic carbocycles. The van der Waals surface area contributed by atoms with Gasteiger partial charge in [-0.15, -0.1) is 11.3 Å². The van der Waals surface area contributed by atoms with Crippen molar-refractivity contribution in [1.82, 2.24) is 15.1 Å². The van der Waals surface area contributed by atoms with Crippen LogP contribution < -0.4 is 5.32 Å². The average molecular weight is 596 g/mol. The molecule has 0 radical (unpaired) electrons. The molecule has 3 aliphatic heterocycles. The van der Waals surface area contributed by atoms with Gasteiger partial charge in [-0.25, -0.2) is 0 Å². The van der Waals surface area contributed by atoms with Gasteiger partial charge in [-0.05, 0) is 75.0 Å². The first-order chi connectivity index (χ1) is 18.9. The summed E-state index contributed by atoms with van der Waals surface area (Å²) >= 11 is 1.04. The second kappa shape index (κ2) is 9.86. The fourth-order valence-electron chi connectivity index (χ4n) is 6.77. The van der Waals surface area contributed by atoms with Crippen molar-refractivity contribution in [2.24, 2.45) is 0 Å². The van der Waals surface area contributed by atoms with Gasteiger partial charge in [0, 0.05) is 28.4 Å². The number of rotatable bonds is 5. The van der Waals surface area contributed by atoms with E-state index in [4.69, 9.17) is 9.79 Å². The maximum Gasteiger partial charge on any atom is 0.399 e. The van der Waals surface area contributed by atoms with Gasteiger partial charge >= 0.3 is 13.3 Å². The Labute approximate surface area is 234 Å². The molecule has 3 amide bonds. The van der Waals surface area contributed by atoms with Crippen LogP contribution in [0, 0.1) is 0 Å². The Morgan fingerprint density at radius 1 is 1.05 bits per heavy atom. The number of halogens is 2. The van der Waals surface area contributed by atoms with Gasteiger partial charge in [0.15, 0.2) is 0 Å². The van der Waals surface area contributed by atoms with Gasteiger partial charge in [0.05, 0.1) is 4.88 Å². The molecule has 1 aromatic carbocycles. The lowest BCUT2D eigenvalue weighted by atomic mass is 9.99. The molecular formula is C27H32F2N3O6PS. The summed E-state index contributed by atoms with van der Waals surface area (Å²) in [6, 6.07) is 3.24. The van der Waals surface area contributed by atoms with Crippen LogP contribution in [0.1, 0.15) is 79.4 Å². The molecule has 1 spiro atoms. The molecule has 9 nitrogen and oxygen atoms in total. The van der Waals surface area contributed by atoms with E-state index in [1.54, 1.807) is 4.90 Å². The van der Waals surface area contributed by atoms with Crippen LogP contribution in [0.4, 0.5) is 8.78 Å². The minimum atomic E-state index is -5.73. The van der Waals surface area contributed by atoms with E-state index in [-0.39, 0.29) is 33.7 Å². The molecule has 3 N–H and O–H groups in total. The topological polar surface area (TPSA) is 127 Å². The number of amides is 3. The Morgan fingerprint density at radius 3 is 2.52 bits per heavy atom. The Balaban J connectivity index is 1.21. The van der Waals surface area contributed by atoms with Crippen LogP contribution in [0.5, 0.6) is 0 Å². The van der Waals surface area contributed by atoms with E-state index in [2.05, 4.69) is 5.32 Å². The van der Waals surface area contributed by atoms with Crippen LogP contribution in [-0.2, 0) is 19.8 Å². The van der Waals surface area contributed by atoms with Gasteiger partial charge < -0.3 is 24.9 Å². The van der Waals surface area contributed by atoms with Gasteiger partial charge in [-0.3, -0.25) is 18.9 Å². The van der Waals surface area contributed by atoms with Crippen molar-refractivity contribution in [3.63, 3.8) is 0 Å². The first-order valence-corrected chi connectivity index (χ1v) is 16.3. The molecule has 13 heteroatoms. The second-order valence-corrected chi connectivity index (χ2v) is 14.3. The van der Waals surface area contributed by atoms with Gasteiger partial charge in [0.25, 0.3) is 5.91 Å². The Morgan fingerprint density at radius 2 is 1.80 bits per heavy atom. The first-order valence-electron chi connectivity index (χ1n) is 13.8. The minimum absolute atomic E-state index is 0.00906. The number of thiophene rings is 1. The van der Waals surface area contributed by atoms with Gasteiger partial charge in [0.2, 0.25) is 11.8 Å². The van der Waals surface area contributed by atoms with Crippen LogP contribution in [0.15, 0.2) is 24.3 Å². The largest absolute Gasteiger partial charge is 0.399 e. The number of nitrogens with one attached hydrogen (secondary N) is 1. The van der Waals surface area contributed by atoms with E-state index in [0.29, 0.717) is 17.5 Å². The van der Waals surface area contributed by atoms with E-state index >= 15 is 0 Å². The van der Waals surface area contributed by atoms with E-state index in [1.165, 1.54) is 12.1 Å². The van der Waals surface area contributed by atoms with Crippen LogP contribution in [0.3, 0.4) is 0 Å². The smallest absolute Gasteiger partial charge is 0.340 e. The lowest BCUT2D eigenvalue weighted by molar-refractivity contribution is -0.148. The van der Waals surface area contributed by atoms with E-state index in [0.717, 1.165) is 81.4 Å². The highest BCUT2D eigenvalue weighted by Gasteiger charge is 2.56. The zero-order chi connectivity index (χ0) is 28.4. The normalized spacial score (nSPS) is 26.6. The third-order valence-corrected chi connectivity index (χ3v) is 11.2. The summed E-state index contributed by atoms with van der Waals surface area (Å²) < 4.78 is 40.2. The summed E-state index contributed by atoms with van der Waals surface area (Å²) in [6.07, 6.45) is 8.35. The Bertz CT molecular complexity index is 1420. The zero-order valence-corrected chi connectivity index (χ0v) is 23.6. The summed E-state index contributed by atoms with van der Waals surface area (Å²) in [7, 11) is -5.73. The molecule has 1 saturated carbocycles. The fourth-order valence-corrected chi connectivity index (χ4v) is 8.20. The average Bonchev–Trinajstić information content (AvgIpc) is 3.22. The summed E-state index contributed by atoms with van der Waals surface area (Å²) in [5.74, 6) is -0.745. The number of hydrogen-bond donors (Lipinski definition) is 3. The number of hydrogen-bond acceptors (Lipinski definition) is 5.